The van der Waals surface area contributed by atoms with Crippen molar-refractivity contribution in [1.29, 1.82) is 0 Å². The fourth-order valence-electron chi connectivity index (χ4n) is 3.45. The van der Waals surface area contributed by atoms with Crippen LogP contribution in [0.3, 0.4) is 0 Å². The van der Waals surface area contributed by atoms with Crippen LogP contribution in [0.2, 0.25) is 0 Å². The molecule has 2 heteroatoms. The van der Waals surface area contributed by atoms with Crippen LogP contribution in [0, 0.1) is 0 Å². The van der Waals surface area contributed by atoms with Crippen LogP contribution >= 0.6 is 0 Å². The molecule has 0 spiro atoms. The van der Waals surface area contributed by atoms with Gasteiger partial charge in [-0.2, -0.15) is 0 Å². The Balaban J connectivity index is 2.07. The van der Waals surface area contributed by atoms with E-state index in [1.54, 1.807) is 0 Å². The number of rotatable bonds is 6. The van der Waals surface area contributed by atoms with Gasteiger partial charge in [-0.1, -0.05) is 57.0 Å². The van der Waals surface area contributed by atoms with E-state index in [1.165, 1.54) is 31.2 Å². The topological polar surface area (TPSA) is 15.3 Å². The third kappa shape index (κ3) is 3.83. The van der Waals surface area contributed by atoms with Crippen molar-refractivity contribution in [1.82, 2.24) is 10.2 Å². The van der Waals surface area contributed by atoms with Crippen LogP contribution in [0.5, 0.6) is 0 Å². The first kappa shape index (κ1) is 15.5. The molecule has 1 aliphatic rings. The Bertz CT molecular complexity index is 376. The maximum atomic E-state index is 3.76. The molecule has 1 saturated heterocycles. The second-order valence-corrected chi connectivity index (χ2v) is 6.15. The Hall–Kier alpha value is -0.860. The van der Waals surface area contributed by atoms with Crippen molar-refractivity contribution in [3.8, 4) is 0 Å². The Labute approximate surface area is 124 Å². The third-order valence-corrected chi connectivity index (χ3v) is 4.56. The molecule has 2 rings (SSSR count). The van der Waals surface area contributed by atoms with E-state index in [1.807, 2.05) is 0 Å². The zero-order chi connectivity index (χ0) is 14.4. The summed E-state index contributed by atoms with van der Waals surface area (Å²) in [5, 5.41) is 3.76. The Kier molecular flexibility index (Phi) is 6.06. The first-order chi connectivity index (χ1) is 9.76. The van der Waals surface area contributed by atoms with E-state index in [4.69, 9.17) is 0 Å². The quantitative estimate of drug-likeness (QED) is 0.844. The molecule has 112 valence electrons. The lowest BCUT2D eigenvalue weighted by Gasteiger charge is -2.44. The normalized spacial score (nSPS) is 25.6. The molecule has 1 heterocycles. The molecule has 0 bridgehead atoms. The summed E-state index contributed by atoms with van der Waals surface area (Å²) in [6, 6.07) is 12.8. The van der Waals surface area contributed by atoms with Crippen LogP contribution in [-0.2, 0) is 0 Å². The summed E-state index contributed by atoms with van der Waals surface area (Å²) >= 11 is 0. The van der Waals surface area contributed by atoms with Gasteiger partial charge in [-0.15, -0.1) is 0 Å². The first-order valence-corrected chi connectivity index (χ1v) is 8.30. The molecule has 0 amide bonds. The van der Waals surface area contributed by atoms with Gasteiger partial charge in [-0.3, -0.25) is 4.90 Å². The summed E-state index contributed by atoms with van der Waals surface area (Å²) in [6.07, 6.45) is 5.17. The van der Waals surface area contributed by atoms with Gasteiger partial charge in [0, 0.05) is 31.2 Å². The highest BCUT2D eigenvalue weighted by atomic mass is 15.2. The number of benzene rings is 1. The molecule has 1 N–H and O–H groups in total. The van der Waals surface area contributed by atoms with Gasteiger partial charge in [0.2, 0.25) is 0 Å². The number of piperazine rings is 1. The smallest absolute Gasteiger partial charge is 0.0450 e. The number of hydrogen-bond donors (Lipinski definition) is 1. The van der Waals surface area contributed by atoms with Crippen LogP contribution in [0.25, 0.3) is 0 Å². The molecule has 3 unspecified atom stereocenters. The maximum absolute atomic E-state index is 3.76. The second kappa shape index (κ2) is 7.80. The van der Waals surface area contributed by atoms with Crippen LogP contribution in [0.4, 0.5) is 0 Å². The van der Waals surface area contributed by atoms with Crippen LogP contribution < -0.4 is 5.32 Å². The highest BCUT2D eigenvalue weighted by Crippen LogP contribution is 2.25. The van der Waals surface area contributed by atoms with Gasteiger partial charge in [0.25, 0.3) is 0 Å². The third-order valence-electron chi connectivity index (χ3n) is 4.56. The average molecular weight is 274 g/mol. The lowest BCUT2D eigenvalue weighted by Crippen LogP contribution is -2.55. The van der Waals surface area contributed by atoms with Gasteiger partial charge in [-0.05, 0) is 25.3 Å². The minimum Gasteiger partial charge on any atom is -0.307 e. The van der Waals surface area contributed by atoms with Crippen molar-refractivity contribution in [2.75, 3.05) is 13.1 Å². The van der Waals surface area contributed by atoms with Crippen LogP contribution in [0.15, 0.2) is 30.3 Å². The minimum absolute atomic E-state index is 0.489. The van der Waals surface area contributed by atoms with Gasteiger partial charge < -0.3 is 5.32 Å². The zero-order valence-corrected chi connectivity index (χ0v) is 13.3. The molecule has 0 aromatic heterocycles. The van der Waals surface area contributed by atoms with Gasteiger partial charge >= 0.3 is 0 Å². The minimum atomic E-state index is 0.489. The number of hydrogen-bond acceptors (Lipinski definition) is 2. The molecule has 2 nitrogen and oxygen atoms in total. The largest absolute Gasteiger partial charge is 0.307 e. The zero-order valence-electron chi connectivity index (χ0n) is 13.3. The van der Waals surface area contributed by atoms with Crippen molar-refractivity contribution in [2.45, 2.75) is 64.6 Å². The highest BCUT2D eigenvalue weighted by Gasteiger charge is 2.30. The predicted molar refractivity (Wildman–Crippen MR) is 87.0 cm³/mol. The van der Waals surface area contributed by atoms with E-state index < -0.39 is 0 Å². The summed E-state index contributed by atoms with van der Waals surface area (Å²) in [4.78, 5) is 2.75. The molecular formula is C18H30N2. The van der Waals surface area contributed by atoms with E-state index in [2.05, 4.69) is 61.3 Å². The van der Waals surface area contributed by atoms with Gasteiger partial charge in [0.1, 0.15) is 0 Å². The van der Waals surface area contributed by atoms with Crippen molar-refractivity contribution in [2.24, 2.45) is 0 Å². The highest BCUT2D eigenvalue weighted by molar-refractivity contribution is 5.20. The summed E-state index contributed by atoms with van der Waals surface area (Å²) in [7, 11) is 0. The maximum Gasteiger partial charge on any atom is 0.0450 e. The fourth-order valence-corrected chi connectivity index (χ4v) is 3.45. The van der Waals surface area contributed by atoms with Crippen LogP contribution in [0.1, 0.15) is 58.1 Å². The Morgan fingerprint density at radius 3 is 2.60 bits per heavy atom. The second-order valence-electron chi connectivity index (χ2n) is 6.15. The summed E-state index contributed by atoms with van der Waals surface area (Å²) < 4.78 is 0. The van der Waals surface area contributed by atoms with E-state index in [-0.39, 0.29) is 0 Å². The molecule has 0 saturated carbocycles. The monoisotopic (exact) mass is 274 g/mol. The van der Waals surface area contributed by atoms with E-state index in [0.29, 0.717) is 18.1 Å². The summed E-state index contributed by atoms with van der Waals surface area (Å²) in [6.45, 7) is 9.27. The molecule has 20 heavy (non-hydrogen) atoms. The molecule has 3 atom stereocenters. The van der Waals surface area contributed by atoms with Crippen molar-refractivity contribution < 1.29 is 0 Å². The number of nitrogens with one attached hydrogen (secondary N) is 1. The predicted octanol–water partition coefficient (Wildman–Crippen LogP) is 3.99. The van der Waals surface area contributed by atoms with E-state index in [0.717, 1.165) is 13.1 Å². The molecule has 1 aromatic carbocycles. The summed E-state index contributed by atoms with van der Waals surface area (Å²) in [5.74, 6) is 0. The molecule has 1 aliphatic heterocycles. The van der Waals surface area contributed by atoms with E-state index in [9.17, 15) is 0 Å². The van der Waals surface area contributed by atoms with Gasteiger partial charge in [-0.25, -0.2) is 0 Å². The average Bonchev–Trinajstić information content (AvgIpc) is 2.49. The lowest BCUT2D eigenvalue weighted by molar-refractivity contribution is 0.0785. The van der Waals surface area contributed by atoms with Crippen molar-refractivity contribution in [3.05, 3.63) is 35.9 Å². The van der Waals surface area contributed by atoms with Crippen molar-refractivity contribution in [3.63, 3.8) is 0 Å². The Morgan fingerprint density at radius 1 is 1.20 bits per heavy atom. The fraction of sp³-hybridized carbons (Fsp3) is 0.667. The summed E-state index contributed by atoms with van der Waals surface area (Å²) in [5.41, 5.74) is 1.43. The van der Waals surface area contributed by atoms with Gasteiger partial charge in [0.15, 0.2) is 0 Å². The first-order valence-electron chi connectivity index (χ1n) is 8.30. The molecule has 0 radical (unpaired) electrons. The van der Waals surface area contributed by atoms with Crippen LogP contribution in [-0.4, -0.2) is 30.1 Å². The number of nitrogens with zero attached hydrogens (tertiary/aromatic N) is 1. The van der Waals surface area contributed by atoms with E-state index >= 15 is 0 Å². The molecule has 0 aliphatic carbocycles. The standard InChI is InChI=1S/C18H30N2/c1-4-9-15(3)20-14-18(16-11-7-6-8-12-16)19-13-17(20)10-5-2/h6-8,11-12,15,17-19H,4-5,9-10,13-14H2,1-3H3. The molecule has 1 aromatic rings. The Morgan fingerprint density at radius 2 is 1.95 bits per heavy atom. The van der Waals surface area contributed by atoms with Gasteiger partial charge in [0.05, 0.1) is 0 Å². The SMILES string of the molecule is CCCC(C)N1CC(c2ccccc2)NCC1CCC. The molecular weight excluding hydrogens is 244 g/mol. The van der Waals surface area contributed by atoms with Crippen molar-refractivity contribution >= 4 is 0 Å². The lowest BCUT2D eigenvalue weighted by atomic mass is 9.97. The molecule has 1 fully saturated rings.